The molecule has 1 aliphatic carbocycles. The Bertz CT molecular complexity index is 665. The fourth-order valence-corrected chi connectivity index (χ4v) is 3.88. The molecular formula is C17H23N3O2S. The highest BCUT2D eigenvalue weighted by molar-refractivity contribution is 7.99. The van der Waals surface area contributed by atoms with Crippen molar-refractivity contribution < 1.29 is 9.53 Å². The smallest absolute Gasteiger partial charge is 0.230 e. The first-order chi connectivity index (χ1) is 11.3. The molecule has 1 heterocycles. The molecular weight excluding hydrogens is 310 g/mol. The maximum absolute atomic E-state index is 12.1. The van der Waals surface area contributed by atoms with Crippen molar-refractivity contribution in [1.82, 2.24) is 14.9 Å². The highest BCUT2D eigenvalue weighted by Crippen LogP contribution is 2.24. The number of nitrogens with zero attached hydrogens (tertiary/aromatic N) is 2. The lowest BCUT2D eigenvalue weighted by atomic mass is 10.2. The van der Waals surface area contributed by atoms with Crippen molar-refractivity contribution in [3.8, 4) is 0 Å². The van der Waals surface area contributed by atoms with E-state index in [1.807, 2.05) is 18.2 Å². The molecule has 0 unspecified atom stereocenters. The number of carbonyl (C=O) groups excluding carboxylic acids is 1. The normalized spacial score (nSPS) is 15.3. The van der Waals surface area contributed by atoms with Crippen molar-refractivity contribution in [3.05, 3.63) is 24.3 Å². The van der Waals surface area contributed by atoms with E-state index in [9.17, 15) is 4.79 Å². The first kappa shape index (κ1) is 16.3. The van der Waals surface area contributed by atoms with Crippen LogP contribution in [0.2, 0.25) is 0 Å². The standard InChI is InChI=1S/C17H23N3O2S/c1-22-11-10-20-15-9-5-4-8-14(15)19-17(20)23-12-16(21)18-13-6-2-3-7-13/h4-5,8-9,13H,2-3,6-7,10-12H2,1H3,(H,18,21). The van der Waals surface area contributed by atoms with Crippen LogP contribution in [-0.2, 0) is 16.1 Å². The number of fused-ring (bicyclic) bond motifs is 1. The minimum atomic E-state index is 0.104. The van der Waals surface area contributed by atoms with Crippen LogP contribution in [0.3, 0.4) is 0 Å². The molecule has 0 radical (unpaired) electrons. The zero-order valence-corrected chi connectivity index (χ0v) is 14.3. The van der Waals surface area contributed by atoms with Gasteiger partial charge in [0.1, 0.15) is 0 Å². The fraction of sp³-hybridized carbons (Fsp3) is 0.529. The number of benzene rings is 1. The maximum atomic E-state index is 12.1. The van der Waals surface area contributed by atoms with Crippen LogP contribution >= 0.6 is 11.8 Å². The Morgan fingerprint density at radius 2 is 2.17 bits per heavy atom. The average molecular weight is 333 g/mol. The zero-order valence-electron chi connectivity index (χ0n) is 13.5. The van der Waals surface area contributed by atoms with Crippen LogP contribution in [0.1, 0.15) is 25.7 Å². The van der Waals surface area contributed by atoms with Gasteiger partial charge in [-0.15, -0.1) is 0 Å². The number of hydrogen-bond acceptors (Lipinski definition) is 4. The highest BCUT2D eigenvalue weighted by Gasteiger charge is 2.18. The van der Waals surface area contributed by atoms with Gasteiger partial charge in [0, 0.05) is 19.7 Å². The number of aromatic nitrogens is 2. The number of methoxy groups -OCH3 is 1. The SMILES string of the molecule is COCCn1c(SCC(=O)NC2CCCC2)nc2ccccc21. The summed E-state index contributed by atoms with van der Waals surface area (Å²) in [5.41, 5.74) is 2.05. The molecule has 0 aliphatic heterocycles. The van der Waals surface area contributed by atoms with Gasteiger partial charge in [-0.3, -0.25) is 4.79 Å². The molecule has 1 N–H and O–H groups in total. The van der Waals surface area contributed by atoms with E-state index in [0.29, 0.717) is 18.4 Å². The first-order valence-electron chi connectivity index (χ1n) is 8.14. The molecule has 3 rings (SSSR count). The molecule has 0 bridgehead atoms. The van der Waals surface area contributed by atoms with Crippen molar-refractivity contribution in [2.45, 2.75) is 43.4 Å². The Balaban J connectivity index is 1.67. The first-order valence-corrected chi connectivity index (χ1v) is 9.13. The van der Waals surface area contributed by atoms with Crippen molar-refractivity contribution >= 4 is 28.7 Å². The third-order valence-corrected chi connectivity index (χ3v) is 5.17. The molecule has 1 aliphatic rings. The lowest BCUT2D eigenvalue weighted by Gasteiger charge is -2.12. The Hall–Kier alpha value is -1.53. The van der Waals surface area contributed by atoms with Gasteiger partial charge in [0.15, 0.2) is 5.16 Å². The Labute approximate surface area is 140 Å². The van der Waals surface area contributed by atoms with E-state index in [-0.39, 0.29) is 5.91 Å². The molecule has 0 spiro atoms. The topological polar surface area (TPSA) is 56.1 Å². The van der Waals surface area contributed by atoms with Crippen molar-refractivity contribution in [3.63, 3.8) is 0 Å². The predicted octanol–water partition coefficient (Wildman–Crippen LogP) is 2.83. The van der Waals surface area contributed by atoms with Gasteiger partial charge in [0.2, 0.25) is 5.91 Å². The molecule has 1 saturated carbocycles. The van der Waals surface area contributed by atoms with Gasteiger partial charge in [-0.1, -0.05) is 36.7 Å². The lowest BCUT2D eigenvalue weighted by molar-refractivity contribution is -0.119. The van der Waals surface area contributed by atoms with Crippen LogP contribution in [0.25, 0.3) is 11.0 Å². The summed E-state index contributed by atoms with van der Waals surface area (Å²) in [7, 11) is 1.70. The number of rotatable bonds is 7. The summed E-state index contributed by atoms with van der Waals surface area (Å²) >= 11 is 1.50. The molecule has 1 aromatic carbocycles. The molecule has 0 atom stereocenters. The summed E-state index contributed by atoms with van der Waals surface area (Å²) in [5.74, 6) is 0.513. The second-order valence-corrected chi connectivity index (χ2v) is 6.81. The minimum Gasteiger partial charge on any atom is -0.383 e. The molecule has 2 aromatic rings. The number of nitrogens with one attached hydrogen (secondary N) is 1. The lowest BCUT2D eigenvalue weighted by Crippen LogP contribution is -2.33. The van der Waals surface area contributed by atoms with E-state index in [4.69, 9.17) is 4.74 Å². The van der Waals surface area contributed by atoms with E-state index in [2.05, 4.69) is 20.9 Å². The molecule has 6 heteroatoms. The van der Waals surface area contributed by atoms with Crippen LogP contribution in [0.15, 0.2) is 29.4 Å². The number of para-hydroxylation sites is 2. The summed E-state index contributed by atoms with van der Waals surface area (Å²) in [6, 6.07) is 8.42. The highest BCUT2D eigenvalue weighted by atomic mass is 32.2. The molecule has 1 fully saturated rings. The Morgan fingerprint density at radius 3 is 2.96 bits per heavy atom. The van der Waals surface area contributed by atoms with Crippen molar-refractivity contribution in [2.24, 2.45) is 0 Å². The van der Waals surface area contributed by atoms with Crippen LogP contribution in [0.4, 0.5) is 0 Å². The van der Waals surface area contributed by atoms with E-state index < -0.39 is 0 Å². The molecule has 1 aromatic heterocycles. The summed E-state index contributed by atoms with van der Waals surface area (Å²) in [5, 5.41) is 4.00. The molecule has 5 nitrogen and oxygen atoms in total. The predicted molar refractivity (Wildman–Crippen MR) is 92.7 cm³/mol. The summed E-state index contributed by atoms with van der Waals surface area (Å²) in [6.45, 7) is 1.37. The average Bonchev–Trinajstić information content (AvgIpc) is 3.18. The van der Waals surface area contributed by atoms with Crippen molar-refractivity contribution in [2.75, 3.05) is 19.5 Å². The van der Waals surface area contributed by atoms with Gasteiger partial charge in [-0.25, -0.2) is 4.98 Å². The molecule has 124 valence electrons. The Kier molecular flexibility index (Phi) is 5.56. The van der Waals surface area contributed by atoms with Gasteiger partial charge >= 0.3 is 0 Å². The number of thioether (sulfide) groups is 1. The van der Waals surface area contributed by atoms with E-state index in [0.717, 1.165) is 35.6 Å². The van der Waals surface area contributed by atoms with E-state index >= 15 is 0 Å². The van der Waals surface area contributed by atoms with Crippen LogP contribution < -0.4 is 5.32 Å². The largest absolute Gasteiger partial charge is 0.383 e. The summed E-state index contributed by atoms with van der Waals surface area (Å²) in [6.07, 6.45) is 4.68. The van der Waals surface area contributed by atoms with Crippen LogP contribution in [-0.4, -0.2) is 41.0 Å². The fourth-order valence-electron chi connectivity index (χ4n) is 3.03. The number of carbonyl (C=O) groups is 1. The monoisotopic (exact) mass is 333 g/mol. The van der Waals surface area contributed by atoms with Gasteiger partial charge < -0.3 is 14.6 Å². The summed E-state index contributed by atoms with van der Waals surface area (Å²) in [4.78, 5) is 16.8. The van der Waals surface area contributed by atoms with Gasteiger partial charge in [0.05, 0.1) is 23.4 Å². The number of amides is 1. The second kappa shape index (κ2) is 7.84. The quantitative estimate of drug-likeness (QED) is 0.792. The summed E-state index contributed by atoms with van der Waals surface area (Å²) < 4.78 is 7.33. The van der Waals surface area contributed by atoms with Crippen LogP contribution in [0, 0.1) is 0 Å². The maximum Gasteiger partial charge on any atom is 0.230 e. The molecule has 23 heavy (non-hydrogen) atoms. The van der Waals surface area contributed by atoms with Gasteiger partial charge in [-0.05, 0) is 25.0 Å². The van der Waals surface area contributed by atoms with E-state index in [1.54, 1.807) is 7.11 Å². The van der Waals surface area contributed by atoms with Crippen molar-refractivity contribution in [1.29, 1.82) is 0 Å². The number of hydrogen-bond donors (Lipinski definition) is 1. The van der Waals surface area contributed by atoms with E-state index in [1.165, 1.54) is 24.6 Å². The third-order valence-electron chi connectivity index (χ3n) is 4.19. The zero-order chi connectivity index (χ0) is 16.1. The third kappa shape index (κ3) is 4.06. The minimum absolute atomic E-state index is 0.104. The molecule has 0 saturated heterocycles. The number of imidazole rings is 1. The Morgan fingerprint density at radius 1 is 1.39 bits per heavy atom. The van der Waals surface area contributed by atoms with Crippen LogP contribution in [0.5, 0.6) is 0 Å². The number of ether oxygens (including phenoxy) is 1. The second-order valence-electron chi connectivity index (χ2n) is 5.87. The molecule has 1 amide bonds. The van der Waals surface area contributed by atoms with Gasteiger partial charge in [-0.2, -0.15) is 0 Å². The van der Waals surface area contributed by atoms with Gasteiger partial charge in [0.25, 0.3) is 0 Å².